The SMILES string of the molecule is CCOC(=O)c1c(-c2ccccc2)csc1NC(=O)CSc1nnc(-c2ccc(OCC)cc2)o1. The molecule has 0 aliphatic heterocycles. The topological polar surface area (TPSA) is 104 Å². The summed E-state index contributed by atoms with van der Waals surface area (Å²) in [5.41, 5.74) is 2.68. The van der Waals surface area contributed by atoms with Crippen LogP contribution >= 0.6 is 23.1 Å². The number of ether oxygens (including phenoxy) is 2. The predicted octanol–water partition coefficient (Wildman–Crippen LogP) is 5.77. The molecule has 0 radical (unpaired) electrons. The number of nitrogens with one attached hydrogen (secondary N) is 1. The highest BCUT2D eigenvalue weighted by Crippen LogP contribution is 2.36. The van der Waals surface area contributed by atoms with Crippen LogP contribution in [0.4, 0.5) is 5.00 Å². The van der Waals surface area contributed by atoms with Crippen LogP contribution in [-0.2, 0) is 9.53 Å². The van der Waals surface area contributed by atoms with Gasteiger partial charge in [-0.15, -0.1) is 21.5 Å². The minimum absolute atomic E-state index is 0.0335. The molecule has 1 N–H and O–H groups in total. The second-order valence-electron chi connectivity index (χ2n) is 7.11. The number of thiophene rings is 1. The van der Waals surface area contributed by atoms with Crippen molar-refractivity contribution in [2.75, 3.05) is 24.3 Å². The van der Waals surface area contributed by atoms with Gasteiger partial charge in [-0.1, -0.05) is 42.1 Å². The van der Waals surface area contributed by atoms with Crippen LogP contribution in [0.1, 0.15) is 24.2 Å². The lowest BCUT2D eigenvalue weighted by Crippen LogP contribution is -2.16. The first-order valence-corrected chi connectivity index (χ1v) is 12.8. The molecule has 0 spiro atoms. The number of esters is 1. The number of benzene rings is 2. The predicted molar refractivity (Wildman–Crippen MR) is 136 cm³/mol. The number of anilines is 1. The number of rotatable bonds is 10. The van der Waals surface area contributed by atoms with E-state index < -0.39 is 5.97 Å². The molecule has 0 atom stereocenters. The van der Waals surface area contributed by atoms with Gasteiger partial charge < -0.3 is 19.2 Å². The van der Waals surface area contributed by atoms with Crippen molar-refractivity contribution in [1.82, 2.24) is 10.2 Å². The highest BCUT2D eigenvalue weighted by Gasteiger charge is 2.23. The molecule has 0 saturated heterocycles. The molecule has 0 aliphatic carbocycles. The van der Waals surface area contributed by atoms with E-state index >= 15 is 0 Å². The van der Waals surface area contributed by atoms with E-state index in [1.165, 1.54) is 11.3 Å². The van der Waals surface area contributed by atoms with Crippen molar-refractivity contribution < 1.29 is 23.5 Å². The molecule has 8 nitrogen and oxygen atoms in total. The van der Waals surface area contributed by atoms with Gasteiger partial charge in [0.05, 0.1) is 19.0 Å². The summed E-state index contributed by atoms with van der Waals surface area (Å²) in [4.78, 5) is 25.3. The van der Waals surface area contributed by atoms with Crippen molar-refractivity contribution in [3.63, 3.8) is 0 Å². The Morgan fingerprint density at radius 1 is 1.00 bits per heavy atom. The number of carbonyl (C=O) groups is 2. The van der Waals surface area contributed by atoms with Crippen molar-refractivity contribution in [2.45, 2.75) is 19.1 Å². The van der Waals surface area contributed by atoms with Gasteiger partial charge in [-0.2, -0.15) is 0 Å². The normalized spacial score (nSPS) is 10.7. The van der Waals surface area contributed by atoms with Gasteiger partial charge in [0, 0.05) is 16.5 Å². The van der Waals surface area contributed by atoms with Crippen LogP contribution in [-0.4, -0.2) is 41.0 Å². The summed E-state index contributed by atoms with van der Waals surface area (Å²) >= 11 is 2.39. The van der Waals surface area contributed by atoms with Gasteiger partial charge in [0.25, 0.3) is 5.22 Å². The molecule has 35 heavy (non-hydrogen) atoms. The molecule has 0 aliphatic rings. The molecular formula is C25H23N3O5S2. The van der Waals surface area contributed by atoms with Crippen LogP contribution < -0.4 is 10.1 Å². The molecular weight excluding hydrogens is 486 g/mol. The highest BCUT2D eigenvalue weighted by atomic mass is 32.2. The Hall–Kier alpha value is -3.63. The summed E-state index contributed by atoms with van der Waals surface area (Å²) in [6.45, 7) is 4.49. The van der Waals surface area contributed by atoms with Gasteiger partial charge in [-0.05, 0) is 43.7 Å². The molecule has 0 fully saturated rings. The fourth-order valence-corrected chi connectivity index (χ4v) is 4.76. The van der Waals surface area contributed by atoms with Crippen molar-refractivity contribution in [2.24, 2.45) is 0 Å². The quantitative estimate of drug-likeness (QED) is 0.212. The molecule has 2 aromatic carbocycles. The van der Waals surface area contributed by atoms with Crippen molar-refractivity contribution in [3.8, 4) is 28.3 Å². The van der Waals surface area contributed by atoms with Gasteiger partial charge in [0.2, 0.25) is 11.8 Å². The molecule has 10 heteroatoms. The first-order valence-electron chi connectivity index (χ1n) is 10.9. The zero-order chi connectivity index (χ0) is 24.6. The average molecular weight is 510 g/mol. The summed E-state index contributed by atoms with van der Waals surface area (Å²) in [6, 6.07) is 16.8. The van der Waals surface area contributed by atoms with Gasteiger partial charge in [-0.25, -0.2) is 4.79 Å². The van der Waals surface area contributed by atoms with Gasteiger partial charge >= 0.3 is 5.97 Å². The van der Waals surface area contributed by atoms with Crippen LogP contribution in [0.5, 0.6) is 5.75 Å². The van der Waals surface area contributed by atoms with E-state index in [1.807, 2.05) is 66.9 Å². The number of hydrogen-bond acceptors (Lipinski definition) is 9. The monoisotopic (exact) mass is 509 g/mol. The standard InChI is InChI=1S/C25H23N3O5S2/c1-3-31-18-12-10-17(11-13-18)22-27-28-25(33-22)35-15-20(29)26-23-21(24(30)32-4-2)19(14-34-23)16-8-6-5-7-9-16/h5-14H,3-4,15H2,1-2H3,(H,26,29). The fourth-order valence-electron chi connectivity index (χ4n) is 3.22. The summed E-state index contributed by atoms with van der Waals surface area (Å²) < 4.78 is 16.3. The zero-order valence-electron chi connectivity index (χ0n) is 19.1. The second kappa shape index (κ2) is 11.7. The Bertz CT molecular complexity index is 1290. The van der Waals surface area contributed by atoms with Crippen molar-refractivity contribution in [1.29, 1.82) is 0 Å². The summed E-state index contributed by atoms with van der Waals surface area (Å²) in [5.74, 6) is 0.362. The number of aromatic nitrogens is 2. The maximum atomic E-state index is 12.7. The summed E-state index contributed by atoms with van der Waals surface area (Å²) in [6.07, 6.45) is 0. The lowest BCUT2D eigenvalue weighted by atomic mass is 10.0. The molecule has 180 valence electrons. The number of amides is 1. The van der Waals surface area contributed by atoms with Crippen LogP contribution in [0.15, 0.2) is 69.6 Å². The van der Waals surface area contributed by atoms with E-state index in [9.17, 15) is 9.59 Å². The maximum Gasteiger partial charge on any atom is 0.341 e. The number of carbonyl (C=O) groups excluding carboxylic acids is 2. The van der Waals surface area contributed by atoms with Crippen molar-refractivity contribution >= 4 is 40.0 Å². The first-order chi connectivity index (χ1) is 17.1. The van der Waals surface area contributed by atoms with E-state index in [4.69, 9.17) is 13.9 Å². The zero-order valence-corrected chi connectivity index (χ0v) is 20.8. The van der Waals surface area contributed by atoms with Crippen LogP contribution in [0, 0.1) is 0 Å². The van der Waals surface area contributed by atoms with Crippen LogP contribution in [0.25, 0.3) is 22.6 Å². The molecule has 0 saturated carbocycles. The van der Waals surface area contributed by atoms with E-state index in [2.05, 4.69) is 15.5 Å². The van der Waals surface area contributed by atoms with Gasteiger partial charge in [0.15, 0.2) is 0 Å². The molecule has 4 rings (SSSR count). The van der Waals surface area contributed by atoms with Gasteiger partial charge in [-0.3, -0.25) is 4.79 Å². The minimum Gasteiger partial charge on any atom is -0.494 e. The Kier molecular flexibility index (Phi) is 8.17. The molecule has 2 heterocycles. The lowest BCUT2D eigenvalue weighted by molar-refractivity contribution is -0.113. The Morgan fingerprint density at radius 3 is 2.49 bits per heavy atom. The maximum absolute atomic E-state index is 12.7. The number of thioether (sulfide) groups is 1. The molecule has 0 bridgehead atoms. The smallest absolute Gasteiger partial charge is 0.341 e. The van der Waals surface area contributed by atoms with E-state index in [0.29, 0.717) is 28.6 Å². The Morgan fingerprint density at radius 2 is 1.77 bits per heavy atom. The minimum atomic E-state index is -0.479. The lowest BCUT2D eigenvalue weighted by Gasteiger charge is -2.08. The van der Waals surface area contributed by atoms with E-state index in [1.54, 1.807) is 6.92 Å². The third-order valence-corrected chi connectivity index (χ3v) is 6.47. The third-order valence-electron chi connectivity index (χ3n) is 4.75. The molecule has 4 aromatic rings. The van der Waals surface area contributed by atoms with E-state index in [-0.39, 0.29) is 23.5 Å². The van der Waals surface area contributed by atoms with Crippen molar-refractivity contribution in [3.05, 3.63) is 65.5 Å². The number of nitrogens with zero attached hydrogens (tertiary/aromatic N) is 2. The van der Waals surface area contributed by atoms with Gasteiger partial charge in [0.1, 0.15) is 16.3 Å². The molecule has 2 aromatic heterocycles. The van der Waals surface area contributed by atoms with E-state index in [0.717, 1.165) is 28.6 Å². The largest absolute Gasteiger partial charge is 0.494 e. The first kappa shape index (κ1) is 24.5. The highest BCUT2D eigenvalue weighted by molar-refractivity contribution is 7.99. The third kappa shape index (κ3) is 6.09. The van der Waals surface area contributed by atoms with Crippen LogP contribution in [0.2, 0.25) is 0 Å². The summed E-state index contributed by atoms with van der Waals surface area (Å²) in [5, 5.41) is 13.4. The van der Waals surface area contributed by atoms with Crippen LogP contribution in [0.3, 0.4) is 0 Å². The number of hydrogen-bond donors (Lipinski definition) is 1. The average Bonchev–Trinajstić information content (AvgIpc) is 3.52. The fraction of sp³-hybridized carbons (Fsp3) is 0.200. The second-order valence-corrected chi connectivity index (χ2v) is 8.91. The Labute approximate surface area is 210 Å². The molecule has 1 amide bonds. The summed E-state index contributed by atoms with van der Waals surface area (Å²) in [7, 11) is 0. The Balaban J connectivity index is 1.42. The molecule has 0 unspecified atom stereocenters.